The minimum absolute atomic E-state index is 0.0488. The van der Waals surface area contributed by atoms with Crippen LogP contribution in [0.3, 0.4) is 0 Å². The molecule has 0 radical (unpaired) electrons. The Balaban J connectivity index is 2.65. The molecule has 1 N–H and O–H groups in total. The second-order valence-electron chi connectivity index (χ2n) is 3.85. The van der Waals surface area contributed by atoms with E-state index in [0.717, 1.165) is 5.56 Å². The highest BCUT2D eigenvalue weighted by atomic mass is 16.5. The molecule has 86 valence electrons. The van der Waals surface area contributed by atoms with Gasteiger partial charge in [-0.2, -0.15) is 0 Å². The summed E-state index contributed by atoms with van der Waals surface area (Å²) in [6.45, 7) is 1.57. The van der Waals surface area contributed by atoms with E-state index in [-0.39, 0.29) is 6.42 Å². The van der Waals surface area contributed by atoms with Crippen LogP contribution in [0.4, 0.5) is 0 Å². The molecule has 0 spiro atoms. The molecule has 1 unspecified atom stereocenters. The van der Waals surface area contributed by atoms with Gasteiger partial charge >= 0.3 is 5.97 Å². The van der Waals surface area contributed by atoms with Gasteiger partial charge in [0.1, 0.15) is 0 Å². The summed E-state index contributed by atoms with van der Waals surface area (Å²) in [4.78, 5) is 11.0. The number of esters is 1. The summed E-state index contributed by atoms with van der Waals surface area (Å²) < 4.78 is 4.51. The summed E-state index contributed by atoms with van der Waals surface area (Å²) in [7, 11) is 1.30. The van der Waals surface area contributed by atoms with E-state index in [9.17, 15) is 9.90 Å². The standard InChI is InChI=1S/C13H16O3/c1-13(15,10-12(14)16-2)9-8-11-6-4-3-5-7-11/h3-9,15H,10H2,1-2H3/b9-8+. The third kappa shape index (κ3) is 4.28. The Kier molecular flexibility index (Phi) is 4.26. The van der Waals surface area contributed by atoms with Crippen molar-refractivity contribution in [1.82, 2.24) is 0 Å². The number of hydrogen-bond donors (Lipinski definition) is 1. The molecule has 0 bridgehead atoms. The fourth-order valence-corrected chi connectivity index (χ4v) is 1.26. The molecule has 1 atom stereocenters. The summed E-state index contributed by atoms with van der Waals surface area (Å²) in [5, 5.41) is 9.89. The molecular formula is C13H16O3. The predicted octanol–water partition coefficient (Wildman–Crippen LogP) is 2.01. The van der Waals surface area contributed by atoms with E-state index in [1.807, 2.05) is 30.3 Å². The Labute approximate surface area is 95.4 Å². The number of methoxy groups -OCH3 is 1. The molecule has 3 nitrogen and oxygen atoms in total. The number of benzene rings is 1. The van der Waals surface area contributed by atoms with Crippen molar-refractivity contribution in [1.29, 1.82) is 0 Å². The van der Waals surface area contributed by atoms with Crippen LogP contribution in [0.1, 0.15) is 18.9 Å². The normalized spacial score (nSPS) is 14.7. The Bertz CT molecular complexity index is 366. The number of carbonyl (C=O) groups is 1. The van der Waals surface area contributed by atoms with E-state index in [1.54, 1.807) is 19.1 Å². The van der Waals surface area contributed by atoms with Crippen molar-refractivity contribution in [3.8, 4) is 0 Å². The topological polar surface area (TPSA) is 46.5 Å². The van der Waals surface area contributed by atoms with Gasteiger partial charge in [-0.1, -0.05) is 42.5 Å². The SMILES string of the molecule is COC(=O)CC(C)(O)/C=C/c1ccccc1. The summed E-state index contributed by atoms with van der Waals surface area (Å²) in [6, 6.07) is 9.59. The maximum atomic E-state index is 11.0. The van der Waals surface area contributed by atoms with Gasteiger partial charge in [0.15, 0.2) is 0 Å². The average Bonchev–Trinajstić information content (AvgIpc) is 2.27. The third-order valence-electron chi connectivity index (χ3n) is 2.16. The minimum Gasteiger partial charge on any atom is -0.469 e. The fraction of sp³-hybridized carbons (Fsp3) is 0.308. The molecule has 0 saturated heterocycles. The highest BCUT2D eigenvalue weighted by Gasteiger charge is 2.21. The monoisotopic (exact) mass is 220 g/mol. The van der Waals surface area contributed by atoms with Gasteiger partial charge in [-0.05, 0) is 12.5 Å². The van der Waals surface area contributed by atoms with Gasteiger partial charge in [0, 0.05) is 0 Å². The molecule has 16 heavy (non-hydrogen) atoms. The Morgan fingerprint density at radius 1 is 1.44 bits per heavy atom. The van der Waals surface area contributed by atoms with Crippen molar-refractivity contribution in [3.05, 3.63) is 42.0 Å². The van der Waals surface area contributed by atoms with Gasteiger partial charge in [-0.3, -0.25) is 4.79 Å². The van der Waals surface area contributed by atoms with Crippen molar-refractivity contribution >= 4 is 12.0 Å². The number of carbonyl (C=O) groups excluding carboxylic acids is 1. The van der Waals surface area contributed by atoms with Crippen LogP contribution in [0.5, 0.6) is 0 Å². The van der Waals surface area contributed by atoms with Crippen LogP contribution >= 0.6 is 0 Å². The first kappa shape index (κ1) is 12.5. The third-order valence-corrected chi connectivity index (χ3v) is 2.16. The molecule has 0 aliphatic carbocycles. The number of aliphatic hydroxyl groups is 1. The van der Waals surface area contributed by atoms with Crippen LogP contribution in [-0.4, -0.2) is 23.8 Å². The maximum Gasteiger partial charge on any atom is 0.308 e. The van der Waals surface area contributed by atoms with Gasteiger partial charge < -0.3 is 9.84 Å². The number of hydrogen-bond acceptors (Lipinski definition) is 3. The van der Waals surface area contributed by atoms with Crippen LogP contribution in [0.2, 0.25) is 0 Å². The van der Waals surface area contributed by atoms with Gasteiger partial charge in [-0.15, -0.1) is 0 Å². The maximum absolute atomic E-state index is 11.0. The lowest BCUT2D eigenvalue weighted by atomic mass is 10.0. The Hall–Kier alpha value is -1.61. The van der Waals surface area contributed by atoms with Crippen LogP contribution in [-0.2, 0) is 9.53 Å². The fourth-order valence-electron chi connectivity index (χ4n) is 1.26. The first-order valence-corrected chi connectivity index (χ1v) is 5.07. The van der Waals surface area contributed by atoms with Crippen molar-refractivity contribution in [2.24, 2.45) is 0 Å². The van der Waals surface area contributed by atoms with E-state index < -0.39 is 11.6 Å². The summed E-state index contributed by atoms with van der Waals surface area (Å²) in [6.07, 6.45) is 3.33. The second-order valence-corrected chi connectivity index (χ2v) is 3.85. The number of ether oxygens (including phenoxy) is 1. The van der Waals surface area contributed by atoms with Gasteiger partial charge in [0.05, 0.1) is 19.1 Å². The average molecular weight is 220 g/mol. The molecule has 0 amide bonds. The van der Waals surface area contributed by atoms with Crippen LogP contribution in [0, 0.1) is 0 Å². The second kappa shape index (κ2) is 5.47. The molecule has 3 heteroatoms. The first-order valence-electron chi connectivity index (χ1n) is 5.07. The molecule has 1 aromatic carbocycles. The van der Waals surface area contributed by atoms with Crippen molar-refractivity contribution < 1.29 is 14.6 Å². The van der Waals surface area contributed by atoms with Crippen LogP contribution in [0.15, 0.2) is 36.4 Å². The zero-order valence-electron chi connectivity index (χ0n) is 9.51. The smallest absolute Gasteiger partial charge is 0.308 e. The lowest BCUT2D eigenvalue weighted by molar-refractivity contribution is -0.144. The molecule has 1 aromatic rings. The lowest BCUT2D eigenvalue weighted by Crippen LogP contribution is -2.25. The van der Waals surface area contributed by atoms with E-state index in [0.29, 0.717) is 0 Å². The largest absolute Gasteiger partial charge is 0.469 e. The molecule has 0 aromatic heterocycles. The van der Waals surface area contributed by atoms with Crippen molar-refractivity contribution in [2.75, 3.05) is 7.11 Å². The first-order chi connectivity index (χ1) is 7.53. The molecule has 0 heterocycles. The highest BCUT2D eigenvalue weighted by Crippen LogP contribution is 2.14. The zero-order chi connectivity index (χ0) is 12.0. The molecular weight excluding hydrogens is 204 g/mol. The quantitative estimate of drug-likeness (QED) is 0.789. The summed E-state index contributed by atoms with van der Waals surface area (Å²) in [5.41, 5.74) is -0.198. The van der Waals surface area contributed by atoms with Gasteiger partial charge in [0.25, 0.3) is 0 Å². The summed E-state index contributed by atoms with van der Waals surface area (Å²) >= 11 is 0. The summed E-state index contributed by atoms with van der Waals surface area (Å²) in [5.74, 6) is -0.428. The van der Waals surface area contributed by atoms with E-state index in [2.05, 4.69) is 4.74 Å². The van der Waals surface area contributed by atoms with Crippen LogP contribution < -0.4 is 0 Å². The molecule has 0 aliphatic heterocycles. The molecule has 0 saturated carbocycles. The predicted molar refractivity (Wildman–Crippen MR) is 62.7 cm³/mol. The highest BCUT2D eigenvalue weighted by molar-refractivity contribution is 5.71. The van der Waals surface area contributed by atoms with E-state index >= 15 is 0 Å². The zero-order valence-corrected chi connectivity index (χ0v) is 9.51. The Morgan fingerprint density at radius 2 is 2.06 bits per heavy atom. The lowest BCUT2D eigenvalue weighted by Gasteiger charge is -2.16. The Morgan fingerprint density at radius 3 is 2.62 bits per heavy atom. The van der Waals surface area contributed by atoms with Gasteiger partial charge in [-0.25, -0.2) is 0 Å². The molecule has 0 fully saturated rings. The van der Waals surface area contributed by atoms with E-state index in [4.69, 9.17) is 0 Å². The molecule has 1 rings (SSSR count). The van der Waals surface area contributed by atoms with Crippen LogP contribution in [0.25, 0.3) is 6.08 Å². The van der Waals surface area contributed by atoms with Crippen molar-refractivity contribution in [3.63, 3.8) is 0 Å². The van der Waals surface area contributed by atoms with E-state index in [1.165, 1.54) is 7.11 Å². The van der Waals surface area contributed by atoms with Gasteiger partial charge in [0.2, 0.25) is 0 Å². The molecule has 0 aliphatic rings. The van der Waals surface area contributed by atoms with Crippen molar-refractivity contribution in [2.45, 2.75) is 18.9 Å². The minimum atomic E-state index is -1.18. The number of rotatable bonds is 4.